The number of nitrogens with zero attached hydrogens (tertiary/aromatic N) is 4. The predicted octanol–water partition coefficient (Wildman–Crippen LogP) is 3.35. The second kappa shape index (κ2) is 8.82. The molecule has 160 valence electrons. The van der Waals surface area contributed by atoms with Gasteiger partial charge in [0.25, 0.3) is 0 Å². The highest BCUT2D eigenvalue weighted by Gasteiger charge is 2.44. The van der Waals surface area contributed by atoms with Crippen molar-refractivity contribution in [1.82, 2.24) is 14.5 Å². The lowest BCUT2D eigenvalue weighted by molar-refractivity contribution is -0.135. The van der Waals surface area contributed by atoms with E-state index in [1.165, 1.54) is 0 Å². The Labute approximate surface area is 175 Å². The largest absolute Gasteiger partial charge is 0.381 e. The number of carbonyl (C=O) groups is 1. The molecule has 6 nitrogen and oxygen atoms in total. The van der Waals surface area contributed by atoms with E-state index in [1.54, 1.807) is 6.21 Å². The van der Waals surface area contributed by atoms with Gasteiger partial charge in [-0.05, 0) is 38.7 Å². The molecule has 0 N–H and O–H groups in total. The summed E-state index contributed by atoms with van der Waals surface area (Å²) in [4.78, 5) is 25.0. The molecule has 3 rings (SSSR count). The van der Waals surface area contributed by atoms with Crippen LogP contribution in [0.3, 0.4) is 0 Å². The Balaban J connectivity index is 2.03. The Hall–Kier alpha value is -1.95. The second-order valence-electron chi connectivity index (χ2n) is 9.21. The monoisotopic (exact) mass is 400 g/mol. The highest BCUT2D eigenvalue weighted by atomic mass is 16.5. The fourth-order valence-electron chi connectivity index (χ4n) is 4.30. The predicted molar refractivity (Wildman–Crippen MR) is 117 cm³/mol. The van der Waals surface area contributed by atoms with Crippen molar-refractivity contribution >= 4 is 12.1 Å². The van der Waals surface area contributed by atoms with Crippen molar-refractivity contribution in [2.24, 2.45) is 10.9 Å². The van der Waals surface area contributed by atoms with Gasteiger partial charge in [-0.15, -0.1) is 0 Å². The maximum atomic E-state index is 13.6. The van der Waals surface area contributed by atoms with Gasteiger partial charge in [0.05, 0.1) is 12.2 Å². The van der Waals surface area contributed by atoms with E-state index in [2.05, 4.69) is 36.5 Å². The van der Waals surface area contributed by atoms with Crippen LogP contribution in [0.5, 0.6) is 0 Å². The molecular formula is C23H36N4O2. The van der Waals surface area contributed by atoms with E-state index in [-0.39, 0.29) is 11.3 Å². The van der Waals surface area contributed by atoms with Gasteiger partial charge in [0, 0.05) is 50.7 Å². The molecule has 3 heterocycles. The van der Waals surface area contributed by atoms with Crippen LogP contribution < -0.4 is 0 Å². The van der Waals surface area contributed by atoms with Crippen LogP contribution in [-0.4, -0.2) is 59.4 Å². The van der Waals surface area contributed by atoms with Crippen molar-refractivity contribution in [3.05, 3.63) is 29.9 Å². The number of ether oxygens (including phenoxy) is 1. The smallest absolute Gasteiger partial charge is 0.240 e. The quantitative estimate of drug-likeness (QED) is 0.736. The number of amides is 1. The first-order chi connectivity index (χ1) is 13.8. The summed E-state index contributed by atoms with van der Waals surface area (Å²) >= 11 is 0. The molecule has 1 fully saturated rings. The highest BCUT2D eigenvalue weighted by Crippen LogP contribution is 2.34. The van der Waals surface area contributed by atoms with E-state index in [0.717, 1.165) is 44.1 Å². The highest BCUT2D eigenvalue weighted by molar-refractivity contribution is 5.93. The van der Waals surface area contributed by atoms with Crippen molar-refractivity contribution in [2.75, 3.05) is 32.8 Å². The maximum Gasteiger partial charge on any atom is 0.240 e. The average Bonchev–Trinajstić information content (AvgIpc) is 3.15. The molecule has 1 aromatic rings. The minimum Gasteiger partial charge on any atom is -0.381 e. The molecule has 0 saturated carbocycles. The van der Waals surface area contributed by atoms with Crippen molar-refractivity contribution < 1.29 is 9.53 Å². The number of hydrogen-bond acceptors (Lipinski definition) is 4. The SMILES string of the molecule is CCN(CC)C(=O)C1(c2cn(CC3CCOCC3)c(C(C)(C)C)n2)C=CC=NC1. The molecule has 0 radical (unpaired) electrons. The summed E-state index contributed by atoms with van der Waals surface area (Å²) in [6, 6.07) is 0. The van der Waals surface area contributed by atoms with Crippen LogP contribution in [0.4, 0.5) is 0 Å². The molecule has 0 bridgehead atoms. The van der Waals surface area contributed by atoms with Crippen LogP contribution in [-0.2, 0) is 26.9 Å². The lowest BCUT2D eigenvalue weighted by Crippen LogP contribution is -2.48. The summed E-state index contributed by atoms with van der Waals surface area (Å²) in [6.45, 7) is 15.0. The third-order valence-corrected chi connectivity index (χ3v) is 6.05. The second-order valence-corrected chi connectivity index (χ2v) is 9.21. The Kier molecular flexibility index (Phi) is 6.62. The summed E-state index contributed by atoms with van der Waals surface area (Å²) in [5, 5.41) is 0. The molecular weight excluding hydrogens is 364 g/mol. The lowest BCUT2D eigenvalue weighted by Gasteiger charge is -2.33. The summed E-state index contributed by atoms with van der Waals surface area (Å²) in [5.41, 5.74) is -0.105. The first-order valence-corrected chi connectivity index (χ1v) is 10.9. The third-order valence-electron chi connectivity index (χ3n) is 6.05. The van der Waals surface area contributed by atoms with E-state index < -0.39 is 5.41 Å². The number of rotatable bonds is 6. The molecule has 0 spiro atoms. The van der Waals surface area contributed by atoms with Gasteiger partial charge < -0.3 is 14.2 Å². The van der Waals surface area contributed by atoms with Gasteiger partial charge in [0.15, 0.2) is 0 Å². The molecule has 6 heteroatoms. The molecule has 0 aromatic carbocycles. The van der Waals surface area contributed by atoms with Gasteiger partial charge in [-0.3, -0.25) is 9.79 Å². The summed E-state index contributed by atoms with van der Waals surface area (Å²) in [5.74, 6) is 1.71. The Bertz CT molecular complexity index is 764. The molecule has 1 atom stereocenters. The third kappa shape index (κ3) is 4.47. The van der Waals surface area contributed by atoms with Crippen LogP contribution in [0.25, 0.3) is 0 Å². The molecule has 2 aliphatic heterocycles. The Morgan fingerprint density at radius 2 is 1.97 bits per heavy atom. The summed E-state index contributed by atoms with van der Waals surface area (Å²) < 4.78 is 7.82. The first-order valence-electron chi connectivity index (χ1n) is 10.9. The van der Waals surface area contributed by atoms with Gasteiger partial charge in [0.2, 0.25) is 5.91 Å². The number of aliphatic imine (C=N–C) groups is 1. The standard InChI is InChI=1S/C23H36N4O2/c1-6-26(7-2)21(28)23(11-8-12-24-17-23)19-16-27(20(25-19)22(3,4)5)15-18-9-13-29-14-10-18/h8,11-12,16,18H,6-7,9-10,13-15,17H2,1-5H3. The van der Waals surface area contributed by atoms with Gasteiger partial charge >= 0.3 is 0 Å². The normalized spacial score (nSPS) is 22.8. The number of dihydropyridines is 1. The zero-order valence-corrected chi connectivity index (χ0v) is 18.6. The zero-order valence-electron chi connectivity index (χ0n) is 18.6. The van der Waals surface area contributed by atoms with Crippen LogP contribution >= 0.6 is 0 Å². The number of aromatic nitrogens is 2. The van der Waals surface area contributed by atoms with E-state index in [0.29, 0.717) is 25.6 Å². The zero-order chi connectivity index (χ0) is 21.1. The molecule has 1 aromatic heterocycles. The van der Waals surface area contributed by atoms with Gasteiger partial charge in [-0.1, -0.05) is 26.8 Å². The maximum absolute atomic E-state index is 13.6. The number of imidazole rings is 1. The molecule has 29 heavy (non-hydrogen) atoms. The first kappa shape index (κ1) is 21.8. The van der Waals surface area contributed by atoms with Crippen LogP contribution in [0.1, 0.15) is 59.0 Å². The number of likely N-dealkylation sites (N-methyl/N-ethyl adjacent to an activating group) is 1. The van der Waals surface area contributed by atoms with E-state index in [9.17, 15) is 4.79 Å². The molecule has 1 unspecified atom stereocenters. The summed E-state index contributed by atoms with van der Waals surface area (Å²) in [6.07, 6.45) is 9.92. The lowest BCUT2D eigenvalue weighted by atomic mass is 9.81. The van der Waals surface area contributed by atoms with Crippen LogP contribution in [0.2, 0.25) is 0 Å². The average molecular weight is 401 g/mol. The topological polar surface area (TPSA) is 59.7 Å². The van der Waals surface area contributed by atoms with Crippen molar-refractivity contribution in [1.29, 1.82) is 0 Å². The number of allylic oxidation sites excluding steroid dienone is 1. The van der Waals surface area contributed by atoms with E-state index >= 15 is 0 Å². The minimum absolute atomic E-state index is 0.0896. The molecule has 0 aliphatic carbocycles. The molecule has 1 amide bonds. The van der Waals surface area contributed by atoms with Gasteiger partial charge in [-0.2, -0.15) is 0 Å². The van der Waals surface area contributed by atoms with Crippen molar-refractivity contribution in [2.45, 2.75) is 64.8 Å². The number of carbonyl (C=O) groups excluding carboxylic acids is 1. The number of hydrogen-bond donors (Lipinski definition) is 0. The Morgan fingerprint density at radius 3 is 2.52 bits per heavy atom. The summed E-state index contributed by atoms with van der Waals surface area (Å²) in [7, 11) is 0. The van der Waals surface area contributed by atoms with E-state index in [4.69, 9.17) is 9.72 Å². The fraction of sp³-hybridized carbons (Fsp3) is 0.696. The van der Waals surface area contributed by atoms with Gasteiger partial charge in [0.1, 0.15) is 11.2 Å². The van der Waals surface area contributed by atoms with Crippen LogP contribution in [0, 0.1) is 5.92 Å². The van der Waals surface area contributed by atoms with Crippen molar-refractivity contribution in [3.63, 3.8) is 0 Å². The van der Waals surface area contributed by atoms with Crippen molar-refractivity contribution in [3.8, 4) is 0 Å². The van der Waals surface area contributed by atoms with Gasteiger partial charge in [-0.25, -0.2) is 4.98 Å². The van der Waals surface area contributed by atoms with E-state index in [1.807, 2.05) is 30.9 Å². The fourth-order valence-corrected chi connectivity index (χ4v) is 4.30. The molecule has 1 saturated heterocycles. The minimum atomic E-state index is -0.818. The molecule has 2 aliphatic rings. The Morgan fingerprint density at radius 1 is 1.28 bits per heavy atom. The van der Waals surface area contributed by atoms with Crippen LogP contribution in [0.15, 0.2) is 23.3 Å².